The topological polar surface area (TPSA) is 35.8 Å². The highest BCUT2D eigenvalue weighted by molar-refractivity contribution is 6.30. The lowest BCUT2D eigenvalue weighted by Gasteiger charge is -2.40. The van der Waals surface area contributed by atoms with Gasteiger partial charge < -0.3 is 14.2 Å². The van der Waals surface area contributed by atoms with E-state index in [9.17, 15) is 0 Å². The van der Waals surface area contributed by atoms with E-state index in [0.717, 1.165) is 67.4 Å². The Kier molecular flexibility index (Phi) is 10.7. The Labute approximate surface area is 271 Å². The zero-order valence-electron chi connectivity index (χ0n) is 27.3. The average Bonchev–Trinajstić information content (AvgIpc) is 3.46. The lowest BCUT2D eigenvalue weighted by molar-refractivity contribution is 0.0943. The largest absolute Gasteiger partial charge is 0.423 e. The van der Waals surface area contributed by atoms with E-state index in [1.165, 1.54) is 68.9 Å². The molecular formula is C38H53ClN4O. The first-order valence-corrected chi connectivity index (χ1v) is 17.8. The fourth-order valence-corrected chi connectivity index (χ4v) is 8.34. The van der Waals surface area contributed by atoms with Crippen LogP contribution >= 0.6 is 11.6 Å². The van der Waals surface area contributed by atoms with E-state index < -0.39 is 0 Å². The summed E-state index contributed by atoms with van der Waals surface area (Å²) < 4.78 is 6.93. The van der Waals surface area contributed by atoms with Gasteiger partial charge in [0.1, 0.15) is 5.69 Å². The van der Waals surface area contributed by atoms with Gasteiger partial charge in [0.15, 0.2) is 0 Å². The van der Waals surface area contributed by atoms with Crippen LogP contribution in [-0.4, -0.2) is 55.1 Å². The monoisotopic (exact) mass is 616 g/mol. The molecule has 44 heavy (non-hydrogen) atoms. The van der Waals surface area contributed by atoms with E-state index in [1.54, 1.807) is 0 Å². The van der Waals surface area contributed by atoms with Crippen molar-refractivity contribution in [2.24, 2.45) is 17.8 Å². The summed E-state index contributed by atoms with van der Waals surface area (Å²) in [7, 11) is 4.46. The van der Waals surface area contributed by atoms with Crippen LogP contribution in [0.2, 0.25) is 5.02 Å². The van der Waals surface area contributed by atoms with E-state index in [4.69, 9.17) is 21.0 Å². The zero-order chi connectivity index (χ0) is 30.5. The first kappa shape index (κ1) is 31.6. The molecule has 0 spiro atoms. The second kappa shape index (κ2) is 14.8. The minimum absolute atomic E-state index is 0.268. The molecule has 3 heterocycles. The van der Waals surface area contributed by atoms with Gasteiger partial charge in [-0.1, -0.05) is 80.3 Å². The van der Waals surface area contributed by atoms with Crippen molar-refractivity contribution in [2.75, 3.05) is 45.2 Å². The quantitative estimate of drug-likeness (QED) is 0.227. The Hall–Kier alpha value is -2.34. The van der Waals surface area contributed by atoms with Gasteiger partial charge in [0.25, 0.3) is 0 Å². The van der Waals surface area contributed by atoms with Crippen LogP contribution in [-0.2, 0) is 6.42 Å². The number of aromatic nitrogens is 1. The average molecular weight is 617 g/mol. The van der Waals surface area contributed by atoms with Crippen LogP contribution in [0.5, 0.6) is 0 Å². The van der Waals surface area contributed by atoms with E-state index in [2.05, 4.69) is 78.2 Å². The molecule has 1 aromatic heterocycles. The molecule has 2 aliphatic heterocycles. The Morgan fingerprint density at radius 3 is 2.20 bits per heavy atom. The van der Waals surface area contributed by atoms with Crippen LogP contribution in [0, 0.1) is 17.8 Å². The van der Waals surface area contributed by atoms with Gasteiger partial charge in [-0.15, -0.1) is 0 Å². The molecule has 3 fully saturated rings. The highest BCUT2D eigenvalue weighted by Gasteiger charge is 2.35. The van der Waals surface area contributed by atoms with Gasteiger partial charge in [-0.3, -0.25) is 4.90 Å². The van der Waals surface area contributed by atoms with E-state index >= 15 is 0 Å². The Bertz CT molecular complexity index is 1290. The SMILES string of the molecule is CC1CCN(c2oc(C(CC3CCC(C(c4ccc(Cl)cc4)N(C)C)CC3)N3CCCCC3)nc2Cc2ccccc2)CC1. The first-order valence-electron chi connectivity index (χ1n) is 17.4. The fraction of sp³-hybridized carbons (Fsp3) is 0.605. The molecule has 2 saturated heterocycles. The predicted molar refractivity (Wildman–Crippen MR) is 182 cm³/mol. The van der Waals surface area contributed by atoms with Crippen molar-refractivity contribution >= 4 is 17.5 Å². The molecular weight excluding hydrogens is 564 g/mol. The molecule has 1 aliphatic carbocycles. The molecule has 5 nitrogen and oxygen atoms in total. The molecule has 2 unspecified atom stereocenters. The Morgan fingerprint density at radius 2 is 1.55 bits per heavy atom. The smallest absolute Gasteiger partial charge is 0.219 e. The first-order chi connectivity index (χ1) is 21.4. The summed E-state index contributed by atoms with van der Waals surface area (Å²) in [6, 6.07) is 20.1. The number of hydrogen-bond donors (Lipinski definition) is 0. The van der Waals surface area contributed by atoms with Gasteiger partial charge in [-0.05, 0) is 113 Å². The number of anilines is 1. The van der Waals surface area contributed by atoms with Crippen LogP contribution in [0.1, 0.15) is 106 Å². The summed E-state index contributed by atoms with van der Waals surface area (Å²) in [5, 5.41) is 0.815. The number of oxazole rings is 1. The van der Waals surface area contributed by atoms with Crippen molar-refractivity contribution in [3.63, 3.8) is 0 Å². The van der Waals surface area contributed by atoms with Gasteiger partial charge in [-0.25, -0.2) is 4.98 Å². The van der Waals surface area contributed by atoms with Crippen molar-refractivity contribution in [1.82, 2.24) is 14.8 Å². The summed E-state index contributed by atoms with van der Waals surface area (Å²) in [6.07, 6.45) is 13.4. The summed E-state index contributed by atoms with van der Waals surface area (Å²) in [6.45, 7) is 6.83. The van der Waals surface area contributed by atoms with Crippen LogP contribution in [0.3, 0.4) is 0 Å². The Morgan fingerprint density at radius 1 is 0.864 bits per heavy atom. The molecule has 3 aliphatic rings. The van der Waals surface area contributed by atoms with Gasteiger partial charge in [-0.2, -0.15) is 0 Å². The molecule has 0 bridgehead atoms. The number of rotatable bonds is 10. The highest BCUT2D eigenvalue weighted by Crippen LogP contribution is 2.44. The van der Waals surface area contributed by atoms with Gasteiger partial charge in [0, 0.05) is 30.6 Å². The lowest BCUT2D eigenvalue weighted by Crippen LogP contribution is -2.36. The van der Waals surface area contributed by atoms with Crippen molar-refractivity contribution in [2.45, 2.75) is 89.6 Å². The van der Waals surface area contributed by atoms with Crippen LogP contribution in [0.4, 0.5) is 5.88 Å². The van der Waals surface area contributed by atoms with Gasteiger partial charge in [0.2, 0.25) is 11.8 Å². The highest BCUT2D eigenvalue weighted by atomic mass is 35.5. The van der Waals surface area contributed by atoms with Crippen LogP contribution in [0.15, 0.2) is 59.0 Å². The van der Waals surface area contributed by atoms with E-state index in [0.29, 0.717) is 17.9 Å². The second-order valence-electron chi connectivity index (χ2n) is 14.2. The molecule has 0 radical (unpaired) electrons. The zero-order valence-corrected chi connectivity index (χ0v) is 28.0. The maximum Gasteiger partial charge on any atom is 0.219 e. The number of likely N-dealkylation sites (tertiary alicyclic amines) is 1. The van der Waals surface area contributed by atoms with Crippen molar-refractivity contribution in [3.8, 4) is 0 Å². The molecule has 2 atom stereocenters. The minimum Gasteiger partial charge on any atom is -0.423 e. The van der Waals surface area contributed by atoms with Crippen molar-refractivity contribution in [3.05, 3.63) is 82.3 Å². The number of benzene rings is 2. The molecule has 1 saturated carbocycles. The standard InChI is InChI=1S/C38H53ClN4O/c1-28-20-24-43(25-21-28)38-34(26-29-10-6-4-7-11-29)40-37(44-38)35(42-22-8-5-9-23-42)27-30-12-14-31(15-13-30)36(41(2)3)32-16-18-33(39)19-17-32/h4,6-7,10-11,16-19,28,30-31,35-36H,5,8-9,12-15,20-27H2,1-3H3. The van der Waals surface area contributed by atoms with Gasteiger partial charge >= 0.3 is 0 Å². The number of piperidine rings is 2. The molecule has 6 rings (SSSR count). The van der Waals surface area contributed by atoms with Crippen LogP contribution < -0.4 is 4.90 Å². The number of nitrogens with zero attached hydrogens (tertiary/aromatic N) is 4. The van der Waals surface area contributed by atoms with Crippen LogP contribution in [0.25, 0.3) is 0 Å². The maximum atomic E-state index is 6.93. The maximum absolute atomic E-state index is 6.93. The Balaban J connectivity index is 1.21. The second-order valence-corrected chi connectivity index (χ2v) is 14.7. The summed E-state index contributed by atoms with van der Waals surface area (Å²) in [4.78, 5) is 13.0. The number of hydrogen-bond acceptors (Lipinski definition) is 5. The molecule has 3 aromatic rings. The molecule has 238 valence electrons. The summed E-state index contributed by atoms with van der Waals surface area (Å²) in [5.74, 6) is 4.17. The van der Waals surface area contributed by atoms with E-state index in [1.807, 2.05) is 12.1 Å². The molecule has 0 N–H and O–H groups in total. The van der Waals surface area contributed by atoms with Crippen molar-refractivity contribution in [1.29, 1.82) is 0 Å². The minimum atomic E-state index is 0.268. The lowest BCUT2D eigenvalue weighted by atomic mass is 9.74. The molecule has 6 heteroatoms. The third-order valence-electron chi connectivity index (χ3n) is 10.8. The van der Waals surface area contributed by atoms with Crippen molar-refractivity contribution < 1.29 is 4.42 Å². The third-order valence-corrected chi connectivity index (χ3v) is 11.0. The van der Waals surface area contributed by atoms with Gasteiger partial charge in [0.05, 0.1) is 6.04 Å². The number of halogens is 1. The normalized spacial score (nSPS) is 23.6. The third kappa shape index (κ3) is 7.71. The summed E-state index contributed by atoms with van der Waals surface area (Å²) in [5.41, 5.74) is 3.82. The predicted octanol–water partition coefficient (Wildman–Crippen LogP) is 9.18. The fourth-order valence-electron chi connectivity index (χ4n) is 8.21. The molecule has 0 amide bonds. The van der Waals surface area contributed by atoms with E-state index in [-0.39, 0.29) is 6.04 Å². The molecule has 2 aromatic carbocycles. The summed E-state index contributed by atoms with van der Waals surface area (Å²) >= 11 is 6.23.